The van der Waals surface area contributed by atoms with Crippen LogP contribution in [0.25, 0.3) is 131 Å². The van der Waals surface area contributed by atoms with Crippen LogP contribution in [0.1, 0.15) is 0 Å². The maximum atomic E-state index is 2.47. The average molecular weight is 809 g/mol. The van der Waals surface area contributed by atoms with Crippen molar-refractivity contribution in [2.75, 3.05) is 0 Å². The smallest absolute Gasteiger partial charge is 0.00259 e. The summed E-state index contributed by atoms with van der Waals surface area (Å²) in [5, 5.41) is 17.5. The molecular formula is C64H40. The first-order valence-electron chi connectivity index (χ1n) is 22.2. The van der Waals surface area contributed by atoms with E-state index in [0.717, 1.165) is 0 Å². The lowest BCUT2D eigenvalue weighted by atomic mass is 9.83. The fourth-order valence-electron chi connectivity index (χ4n) is 10.6. The molecule has 13 aromatic rings. The normalized spacial score (nSPS) is 11.8. The van der Waals surface area contributed by atoms with Gasteiger partial charge < -0.3 is 0 Å². The highest BCUT2D eigenvalue weighted by molar-refractivity contribution is 6.24. The molecular weight excluding hydrogens is 769 g/mol. The fraction of sp³-hybridized carbons (Fsp3) is 0. The minimum absolute atomic E-state index is 1.19. The minimum Gasteiger partial charge on any atom is -0.0622 e. The number of hydrogen-bond donors (Lipinski definition) is 0. The summed E-state index contributed by atoms with van der Waals surface area (Å²) in [7, 11) is 0. The molecule has 0 amide bonds. The Labute approximate surface area is 371 Å². The number of rotatable bonds is 5. The molecule has 0 heteroatoms. The quantitative estimate of drug-likeness (QED) is 0.152. The first-order valence-corrected chi connectivity index (χ1v) is 22.2. The zero-order chi connectivity index (χ0) is 42.1. The summed E-state index contributed by atoms with van der Waals surface area (Å²) in [6.45, 7) is 0. The third-order valence-corrected chi connectivity index (χ3v) is 13.6. The van der Waals surface area contributed by atoms with E-state index in [0.29, 0.717) is 0 Å². The fourth-order valence-corrected chi connectivity index (χ4v) is 10.6. The molecule has 0 atom stereocenters. The van der Waals surface area contributed by atoms with Crippen LogP contribution in [0.4, 0.5) is 0 Å². The lowest BCUT2D eigenvalue weighted by Crippen LogP contribution is -1.93. The van der Waals surface area contributed by atoms with Gasteiger partial charge in [0.25, 0.3) is 0 Å². The van der Waals surface area contributed by atoms with Crippen LogP contribution in [0.15, 0.2) is 243 Å². The zero-order valence-corrected chi connectivity index (χ0v) is 35.1. The van der Waals surface area contributed by atoms with Gasteiger partial charge >= 0.3 is 0 Å². The maximum absolute atomic E-state index is 2.47. The molecule has 0 saturated carbocycles. The number of benzene rings is 13. The Morgan fingerprint density at radius 3 is 0.812 bits per heavy atom. The van der Waals surface area contributed by atoms with Crippen LogP contribution in [0, 0.1) is 0 Å². The molecule has 0 bridgehead atoms. The molecule has 0 saturated heterocycles. The summed E-state index contributed by atoms with van der Waals surface area (Å²) in [4.78, 5) is 0. The zero-order valence-electron chi connectivity index (χ0n) is 35.1. The van der Waals surface area contributed by atoms with Crippen LogP contribution in [0.2, 0.25) is 0 Å². The summed E-state index contributed by atoms with van der Waals surface area (Å²) >= 11 is 0. The van der Waals surface area contributed by atoms with Gasteiger partial charge in [-0.25, -0.2) is 0 Å². The monoisotopic (exact) mass is 808 g/mol. The van der Waals surface area contributed by atoms with Gasteiger partial charge in [-0.3, -0.25) is 0 Å². The molecule has 0 aromatic heterocycles. The Morgan fingerprint density at radius 1 is 0.141 bits per heavy atom. The summed E-state index contributed by atoms with van der Waals surface area (Å²) < 4.78 is 0. The lowest BCUT2D eigenvalue weighted by Gasteiger charge is -2.20. The molecule has 0 unspecified atom stereocenters. The second kappa shape index (κ2) is 14.7. The van der Waals surface area contributed by atoms with Crippen molar-refractivity contribution in [3.8, 4) is 55.6 Å². The molecule has 0 spiro atoms. The van der Waals surface area contributed by atoms with E-state index in [4.69, 9.17) is 0 Å². The molecule has 0 aliphatic rings. The van der Waals surface area contributed by atoms with Crippen molar-refractivity contribution in [3.63, 3.8) is 0 Å². The topological polar surface area (TPSA) is 0 Å². The molecule has 0 N–H and O–H groups in total. The Morgan fingerprint density at radius 2 is 0.422 bits per heavy atom. The number of hydrogen-bond acceptors (Lipinski definition) is 0. The largest absolute Gasteiger partial charge is 0.0622 e. The SMILES string of the molecule is c1ccc(-c2c3ccccc3c(-c3ccc4ccccc4c3)c3cc(-c4ccc5c(-c6ccc7ccccc7c6)c6ccccc6c(-c6ccc7ccccc7c6)c5c4)ccc23)cc1. The Balaban J connectivity index is 1.12. The van der Waals surface area contributed by atoms with Gasteiger partial charge in [0.2, 0.25) is 0 Å². The van der Waals surface area contributed by atoms with Crippen LogP contribution >= 0.6 is 0 Å². The van der Waals surface area contributed by atoms with Crippen LogP contribution in [-0.2, 0) is 0 Å². The van der Waals surface area contributed by atoms with Crippen molar-refractivity contribution in [1.29, 1.82) is 0 Å². The van der Waals surface area contributed by atoms with E-state index >= 15 is 0 Å². The highest BCUT2D eigenvalue weighted by Crippen LogP contribution is 2.48. The van der Waals surface area contributed by atoms with Gasteiger partial charge in [-0.15, -0.1) is 0 Å². The van der Waals surface area contributed by atoms with E-state index in [2.05, 4.69) is 243 Å². The van der Waals surface area contributed by atoms with Crippen molar-refractivity contribution in [3.05, 3.63) is 243 Å². The van der Waals surface area contributed by atoms with Crippen molar-refractivity contribution < 1.29 is 0 Å². The first kappa shape index (κ1) is 36.3. The molecule has 64 heavy (non-hydrogen) atoms. The lowest BCUT2D eigenvalue weighted by molar-refractivity contribution is 1.64. The maximum Gasteiger partial charge on any atom is -0.00259 e. The van der Waals surface area contributed by atoms with Crippen molar-refractivity contribution in [1.82, 2.24) is 0 Å². The van der Waals surface area contributed by atoms with Gasteiger partial charge in [0, 0.05) is 0 Å². The van der Waals surface area contributed by atoms with Gasteiger partial charge in [-0.05, 0) is 161 Å². The Bertz CT molecular complexity index is 4000. The summed E-state index contributed by atoms with van der Waals surface area (Å²) in [6, 6.07) is 90.2. The van der Waals surface area contributed by atoms with E-state index in [-0.39, 0.29) is 0 Å². The molecule has 0 aliphatic heterocycles. The standard InChI is InChI=1S/C64H40/c1-2-17-44(18-3-1)61-53-22-10-12-24-55(53)63(51-30-27-42-15-5-8-20-46(42)37-51)59-39-48(32-34-57(59)61)49-33-35-58-60(40-49)64(52-31-28-43-16-6-9-21-47(43)38-52)56-25-13-11-23-54(56)62(58)50-29-26-41-14-4-7-19-45(41)36-50/h1-40H. The minimum atomic E-state index is 1.19. The van der Waals surface area contributed by atoms with Gasteiger partial charge in [-0.1, -0.05) is 212 Å². The van der Waals surface area contributed by atoms with Crippen LogP contribution < -0.4 is 0 Å². The molecule has 13 aromatic carbocycles. The van der Waals surface area contributed by atoms with Gasteiger partial charge in [-0.2, -0.15) is 0 Å². The van der Waals surface area contributed by atoms with E-state index in [1.165, 1.54) is 131 Å². The molecule has 13 rings (SSSR count). The second-order valence-electron chi connectivity index (χ2n) is 17.2. The molecule has 0 radical (unpaired) electrons. The van der Waals surface area contributed by atoms with Crippen LogP contribution in [0.5, 0.6) is 0 Å². The summed E-state index contributed by atoms with van der Waals surface area (Å²) in [6.07, 6.45) is 0. The molecule has 0 aliphatic carbocycles. The van der Waals surface area contributed by atoms with Crippen LogP contribution in [0.3, 0.4) is 0 Å². The van der Waals surface area contributed by atoms with Gasteiger partial charge in [0.15, 0.2) is 0 Å². The van der Waals surface area contributed by atoms with Crippen molar-refractivity contribution in [2.45, 2.75) is 0 Å². The third-order valence-electron chi connectivity index (χ3n) is 13.6. The number of fused-ring (bicyclic) bond motifs is 7. The van der Waals surface area contributed by atoms with E-state index in [1.54, 1.807) is 0 Å². The first-order chi connectivity index (χ1) is 31.7. The average Bonchev–Trinajstić information content (AvgIpc) is 3.36. The van der Waals surface area contributed by atoms with Crippen molar-refractivity contribution in [2.24, 2.45) is 0 Å². The van der Waals surface area contributed by atoms with E-state index in [9.17, 15) is 0 Å². The highest BCUT2D eigenvalue weighted by Gasteiger charge is 2.21. The molecule has 0 heterocycles. The molecule has 0 fully saturated rings. The Hall–Kier alpha value is -8.32. The predicted molar refractivity (Wildman–Crippen MR) is 276 cm³/mol. The third kappa shape index (κ3) is 5.84. The second-order valence-corrected chi connectivity index (χ2v) is 17.2. The van der Waals surface area contributed by atoms with Crippen LogP contribution in [-0.4, -0.2) is 0 Å². The van der Waals surface area contributed by atoms with E-state index in [1.807, 2.05) is 0 Å². The van der Waals surface area contributed by atoms with Crippen molar-refractivity contribution >= 4 is 75.4 Å². The van der Waals surface area contributed by atoms with Gasteiger partial charge in [0.1, 0.15) is 0 Å². The molecule has 296 valence electrons. The van der Waals surface area contributed by atoms with Gasteiger partial charge in [0.05, 0.1) is 0 Å². The summed E-state index contributed by atoms with van der Waals surface area (Å²) in [5.41, 5.74) is 12.3. The summed E-state index contributed by atoms with van der Waals surface area (Å²) in [5.74, 6) is 0. The molecule has 0 nitrogen and oxygen atoms in total. The highest BCUT2D eigenvalue weighted by atomic mass is 14.2. The Kier molecular flexibility index (Phi) is 8.32. The van der Waals surface area contributed by atoms with E-state index < -0.39 is 0 Å². The predicted octanol–water partition coefficient (Wildman–Crippen LogP) is 18.1.